The summed E-state index contributed by atoms with van der Waals surface area (Å²) >= 11 is 0. The fraction of sp³-hybridized carbons (Fsp3) is 0.500. The van der Waals surface area contributed by atoms with Crippen LogP contribution in [0, 0.1) is 5.41 Å². The number of pyridine rings is 1. The molecule has 1 aliphatic heterocycles. The zero-order valence-corrected chi connectivity index (χ0v) is 12.8. The van der Waals surface area contributed by atoms with Crippen LogP contribution in [0.4, 0.5) is 0 Å². The minimum absolute atomic E-state index is 0.0321. The Hall–Kier alpha value is -1.44. The first-order valence-corrected chi connectivity index (χ1v) is 8.61. The predicted molar refractivity (Wildman–Crippen MR) is 81.5 cm³/mol. The number of fused-ring (bicyclic) bond motifs is 1. The number of sulfonamides is 1. The first kappa shape index (κ1) is 14.5. The van der Waals surface area contributed by atoms with Crippen LogP contribution in [0.1, 0.15) is 19.8 Å². The Morgan fingerprint density at radius 1 is 1.48 bits per heavy atom. The molecule has 1 saturated heterocycles. The molecule has 7 heteroatoms. The average Bonchev–Trinajstić information content (AvgIpc) is 2.91. The lowest BCUT2D eigenvalue weighted by atomic mass is 9.83. The van der Waals surface area contributed by atoms with Crippen molar-refractivity contribution in [1.82, 2.24) is 20.0 Å². The first-order valence-electron chi connectivity index (χ1n) is 7.13. The third kappa shape index (κ3) is 2.95. The molecule has 1 atom stereocenters. The summed E-state index contributed by atoms with van der Waals surface area (Å²) in [7, 11) is -3.53. The van der Waals surface area contributed by atoms with Crippen LogP contribution in [0.3, 0.4) is 0 Å². The summed E-state index contributed by atoms with van der Waals surface area (Å²) in [5.74, 6) is 0. The van der Waals surface area contributed by atoms with Crippen LogP contribution in [0.5, 0.6) is 0 Å². The summed E-state index contributed by atoms with van der Waals surface area (Å²) in [6.45, 7) is 4.40. The molecule has 3 rings (SSSR count). The van der Waals surface area contributed by atoms with E-state index in [9.17, 15) is 8.42 Å². The quantitative estimate of drug-likeness (QED) is 0.793. The molecule has 6 nitrogen and oxygen atoms in total. The van der Waals surface area contributed by atoms with E-state index >= 15 is 0 Å². The summed E-state index contributed by atoms with van der Waals surface area (Å²) in [5, 5.41) is 3.95. The SMILES string of the molecule is CC1(CNS(=O)(=O)c2c[nH]c3ncccc23)CCCNC1. The third-order valence-electron chi connectivity index (χ3n) is 4.08. The Labute approximate surface area is 124 Å². The molecule has 2 aromatic rings. The average molecular weight is 308 g/mol. The molecule has 2 aromatic heterocycles. The maximum atomic E-state index is 12.5. The zero-order valence-electron chi connectivity index (χ0n) is 12.0. The van der Waals surface area contributed by atoms with Gasteiger partial charge in [-0.25, -0.2) is 18.1 Å². The lowest BCUT2D eigenvalue weighted by Gasteiger charge is -2.34. The zero-order chi connectivity index (χ0) is 14.9. The van der Waals surface area contributed by atoms with Crippen LogP contribution in [0.15, 0.2) is 29.4 Å². The predicted octanol–water partition coefficient (Wildman–Crippen LogP) is 1.23. The van der Waals surface area contributed by atoms with Crippen molar-refractivity contribution in [3.63, 3.8) is 0 Å². The van der Waals surface area contributed by atoms with Gasteiger partial charge in [0.2, 0.25) is 10.0 Å². The smallest absolute Gasteiger partial charge is 0.242 e. The van der Waals surface area contributed by atoms with E-state index in [1.54, 1.807) is 18.3 Å². The molecule has 0 aromatic carbocycles. The van der Waals surface area contributed by atoms with Gasteiger partial charge in [0.05, 0.1) is 0 Å². The van der Waals surface area contributed by atoms with E-state index in [2.05, 4.69) is 26.9 Å². The number of piperidine rings is 1. The maximum Gasteiger partial charge on any atom is 0.242 e. The van der Waals surface area contributed by atoms with Crippen LogP contribution in [-0.4, -0.2) is 38.0 Å². The third-order valence-corrected chi connectivity index (χ3v) is 5.52. The minimum Gasteiger partial charge on any atom is -0.345 e. The second-order valence-electron chi connectivity index (χ2n) is 5.97. The molecule has 1 unspecified atom stereocenters. The lowest BCUT2D eigenvalue weighted by Crippen LogP contribution is -2.45. The van der Waals surface area contributed by atoms with Gasteiger partial charge in [0.25, 0.3) is 0 Å². The van der Waals surface area contributed by atoms with Crippen LogP contribution in [0.2, 0.25) is 0 Å². The van der Waals surface area contributed by atoms with Gasteiger partial charge in [-0.05, 0) is 36.9 Å². The van der Waals surface area contributed by atoms with E-state index in [0.29, 0.717) is 17.6 Å². The molecule has 0 saturated carbocycles. The van der Waals surface area contributed by atoms with Crippen molar-refractivity contribution in [2.75, 3.05) is 19.6 Å². The molecular formula is C14H20N4O2S. The van der Waals surface area contributed by atoms with Gasteiger partial charge in [0.1, 0.15) is 10.5 Å². The lowest BCUT2D eigenvalue weighted by molar-refractivity contribution is 0.238. The van der Waals surface area contributed by atoms with E-state index in [-0.39, 0.29) is 10.3 Å². The van der Waals surface area contributed by atoms with Crippen molar-refractivity contribution in [3.8, 4) is 0 Å². The highest BCUT2D eigenvalue weighted by Gasteiger charge is 2.29. The standard InChI is InChI=1S/C14H20N4O2S/c1-14(5-3-6-15-9-14)10-18-21(19,20)12-8-17-13-11(12)4-2-7-16-13/h2,4,7-8,15,18H,3,5-6,9-10H2,1H3,(H,16,17). The highest BCUT2D eigenvalue weighted by atomic mass is 32.2. The largest absolute Gasteiger partial charge is 0.345 e. The molecule has 114 valence electrons. The van der Waals surface area contributed by atoms with E-state index in [4.69, 9.17) is 0 Å². The molecule has 3 heterocycles. The first-order chi connectivity index (χ1) is 10.0. The van der Waals surface area contributed by atoms with Crippen molar-refractivity contribution in [3.05, 3.63) is 24.5 Å². The number of aromatic amines is 1. The van der Waals surface area contributed by atoms with Crippen molar-refractivity contribution in [1.29, 1.82) is 0 Å². The van der Waals surface area contributed by atoms with E-state index in [1.165, 1.54) is 6.20 Å². The Morgan fingerprint density at radius 3 is 3.10 bits per heavy atom. The molecule has 0 aliphatic carbocycles. The highest BCUT2D eigenvalue weighted by Crippen LogP contribution is 2.26. The van der Waals surface area contributed by atoms with Crippen molar-refractivity contribution >= 4 is 21.1 Å². The summed E-state index contributed by atoms with van der Waals surface area (Å²) in [5.41, 5.74) is 0.554. The normalized spacial score (nSPS) is 23.5. The van der Waals surface area contributed by atoms with Gasteiger partial charge < -0.3 is 10.3 Å². The van der Waals surface area contributed by atoms with Crippen LogP contribution in [-0.2, 0) is 10.0 Å². The van der Waals surface area contributed by atoms with Gasteiger partial charge in [-0.1, -0.05) is 6.92 Å². The number of H-pyrrole nitrogens is 1. The van der Waals surface area contributed by atoms with Gasteiger partial charge in [-0.15, -0.1) is 0 Å². The van der Waals surface area contributed by atoms with Gasteiger partial charge in [0, 0.05) is 30.9 Å². The fourth-order valence-corrected chi connectivity index (χ4v) is 4.13. The van der Waals surface area contributed by atoms with E-state index in [1.807, 2.05) is 0 Å². The topological polar surface area (TPSA) is 86.9 Å². The van der Waals surface area contributed by atoms with Gasteiger partial charge in [-0.2, -0.15) is 0 Å². The molecule has 0 radical (unpaired) electrons. The fourth-order valence-electron chi connectivity index (χ4n) is 2.77. The van der Waals surface area contributed by atoms with Crippen molar-refractivity contribution < 1.29 is 8.42 Å². The number of rotatable bonds is 4. The van der Waals surface area contributed by atoms with E-state index < -0.39 is 10.0 Å². The van der Waals surface area contributed by atoms with Crippen LogP contribution < -0.4 is 10.0 Å². The Balaban J connectivity index is 1.81. The maximum absolute atomic E-state index is 12.5. The van der Waals surface area contributed by atoms with Crippen molar-refractivity contribution in [2.24, 2.45) is 5.41 Å². The molecule has 0 amide bonds. The van der Waals surface area contributed by atoms with Gasteiger partial charge >= 0.3 is 0 Å². The number of aromatic nitrogens is 2. The summed E-state index contributed by atoms with van der Waals surface area (Å²) in [4.78, 5) is 7.28. The molecule has 21 heavy (non-hydrogen) atoms. The molecular weight excluding hydrogens is 288 g/mol. The molecule has 0 spiro atoms. The van der Waals surface area contributed by atoms with Crippen LogP contribution in [0.25, 0.3) is 11.0 Å². The number of hydrogen-bond acceptors (Lipinski definition) is 4. The summed E-state index contributed by atoms with van der Waals surface area (Å²) in [6.07, 6.45) is 5.24. The minimum atomic E-state index is -3.53. The summed E-state index contributed by atoms with van der Waals surface area (Å²) in [6, 6.07) is 3.50. The number of nitrogens with zero attached hydrogens (tertiary/aromatic N) is 1. The van der Waals surface area contributed by atoms with Gasteiger partial charge in [0.15, 0.2) is 0 Å². The molecule has 0 bridgehead atoms. The highest BCUT2D eigenvalue weighted by molar-refractivity contribution is 7.89. The molecule has 1 aliphatic rings. The van der Waals surface area contributed by atoms with Gasteiger partial charge in [-0.3, -0.25) is 0 Å². The van der Waals surface area contributed by atoms with Crippen molar-refractivity contribution in [2.45, 2.75) is 24.7 Å². The number of nitrogens with one attached hydrogen (secondary N) is 3. The monoisotopic (exact) mass is 308 g/mol. The Bertz CT molecular complexity index is 732. The molecule has 1 fully saturated rings. The Morgan fingerprint density at radius 2 is 2.33 bits per heavy atom. The second-order valence-corrected chi connectivity index (χ2v) is 7.70. The Kier molecular flexibility index (Phi) is 3.73. The number of hydrogen-bond donors (Lipinski definition) is 3. The molecule has 3 N–H and O–H groups in total. The van der Waals surface area contributed by atoms with E-state index in [0.717, 1.165) is 25.9 Å². The summed E-state index contributed by atoms with van der Waals surface area (Å²) < 4.78 is 27.8. The second kappa shape index (κ2) is 5.40. The van der Waals surface area contributed by atoms with Crippen LogP contribution >= 0.6 is 0 Å².